The lowest BCUT2D eigenvalue weighted by Gasteiger charge is -2.08. The third-order valence-electron chi connectivity index (χ3n) is 3.35. The van der Waals surface area contributed by atoms with Crippen molar-refractivity contribution in [2.75, 3.05) is 5.32 Å². The molecule has 2 amide bonds. The number of nitrogens with zero attached hydrogens (tertiary/aromatic N) is 1. The molecule has 0 saturated heterocycles. The summed E-state index contributed by atoms with van der Waals surface area (Å²) in [6, 6.07) is 9.29. The predicted octanol–water partition coefficient (Wildman–Crippen LogP) is 2.34. The van der Waals surface area contributed by atoms with Gasteiger partial charge in [0.15, 0.2) is 0 Å². The van der Waals surface area contributed by atoms with Gasteiger partial charge in [0.2, 0.25) is 11.8 Å². The lowest BCUT2D eigenvalue weighted by Crippen LogP contribution is -2.27. The van der Waals surface area contributed by atoms with Crippen molar-refractivity contribution < 1.29 is 9.59 Å². The van der Waals surface area contributed by atoms with Crippen LogP contribution in [0.1, 0.15) is 23.1 Å². The summed E-state index contributed by atoms with van der Waals surface area (Å²) in [5.41, 5.74) is 3.90. The Hall–Kier alpha value is -2.69. The summed E-state index contributed by atoms with van der Waals surface area (Å²) in [6.07, 6.45) is 3.12. The van der Waals surface area contributed by atoms with Gasteiger partial charge in [0.05, 0.1) is 0 Å². The van der Waals surface area contributed by atoms with Gasteiger partial charge in [0.25, 0.3) is 0 Å². The van der Waals surface area contributed by atoms with Crippen LogP contribution in [0.3, 0.4) is 0 Å². The first-order valence-corrected chi connectivity index (χ1v) is 7.07. The van der Waals surface area contributed by atoms with E-state index in [2.05, 4.69) is 15.6 Å². The highest BCUT2D eigenvalue weighted by Gasteiger charge is 2.09. The number of amides is 2. The van der Waals surface area contributed by atoms with Crippen LogP contribution >= 0.6 is 0 Å². The van der Waals surface area contributed by atoms with Crippen LogP contribution in [0.15, 0.2) is 42.7 Å². The van der Waals surface area contributed by atoms with Crippen LogP contribution in [0.2, 0.25) is 0 Å². The van der Waals surface area contributed by atoms with Crippen LogP contribution in [-0.2, 0) is 16.1 Å². The topological polar surface area (TPSA) is 71.1 Å². The Morgan fingerprint density at radius 1 is 1.00 bits per heavy atom. The van der Waals surface area contributed by atoms with Crippen molar-refractivity contribution in [2.24, 2.45) is 0 Å². The van der Waals surface area contributed by atoms with Crippen LogP contribution in [-0.4, -0.2) is 16.8 Å². The van der Waals surface area contributed by atoms with Crippen LogP contribution in [0.4, 0.5) is 5.69 Å². The van der Waals surface area contributed by atoms with E-state index in [1.165, 1.54) is 0 Å². The van der Waals surface area contributed by atoms with E-state index in [0.29, 0.717) is 12.2 Å². The molecule has 0 unspecified atom stereocenters. The number of hydrogen-bond acceptors (Lipinski definition) is 3. The number of nitrogens with one attached hydrogen (secondary N) is 2. The first-order chi connectivity index (χ1) is 10.5. The highest BCUT2D eigenvalue weighted by Crippen LogP contribution is 2.14. The Bertz CT molecular complexity index is 669. The van der Waals surface area contributed by atoms with E-state index in [-0.39, 0.29) is 18.2 Å². The fourth-order valence-electron chi connectivity index (χ4n) is 1.93. The number of benzene rings is 1. The molecular weight excluding hydrogens is 278 g/mol. The lowest BCUT2D eigenvalue weighted by atomic mass is 10.1. The summed E-state index contributed by atoms with van der Waals surface area (Å²) >= 11 is 0. The summed E-state index contributed by atoms with van der Waals surface area (Å²) in [5.74, 6) is -0.631. The van der Waals surface area contributed by atoms with Crippen molar-refractivity contribution in [3.63, 3.8) is 0 Å². The van der Waals surface area contributed by atoms with Gasteiger partial charge in [-0.3, -0.25) is 14.6 Å². The number of carbonyl (C=O) groups is 2. The Balaban J connectivity index is 1.81. The summed E-state index contributed by atoms with van der Waals surface area (Å²) < 4.78 is 0. The fraction of sp³-hybridized carbons (Fsp3) is 0.235. The Labute approximate surface area is 129 Å². The summed E-state index contributed by atoms with van der Waals surface area (Å²) in [4.78, 5) is 27.5. The summed E-state index contributed by atoms with van der Waals surface area (Å²) in [5, 5.41) is 5.44. The van der Waals surface area contributed by atoms with Crippen molar-refractivity contribution in [1.82, 2.24) is 10.3 Å². The number of aromatic nitrogens is 1. The molecule has 1 aromatic heterocycles. The van der Waals surface area contributed by atoms with E-state index in [9.17, 15) is 9.59 Å². The minimum Gasteiger partial charge on any atom is -0.352 e. The molecular formula is C17H19N3O2. The number of pyridine rings is 1. The van der Waals surface area contributed by atoms with Gasteiger partial charge in [-0.15, -0.1) is 0 Å². The molecule has 0 aliphatic rings. The average Bonchev–Trinajstić information content (AvgIpc) is 2.50. The second-order valence-corrected chi connectivity index (χ2v) is 5.16. The molecule has 5 nitrogen and oxygen atoms in total. The highest BCUT2D eigenvalue weighted by molar-refractivity contribution is 6.03. The number of hydrogen-bond donors (Lipinski definition) is 2. The number of rotatable bonds is 5. The van der Waals surface area contributed by atoms with E-state index >= 15 is 0 Å². The van der Waals surface area contributed by atoms with Gasteiger partial charge in [-0.1, -0.05) is 6.07 Å². The van der Waals surface area contributed by atoms with Crippen LogP contribution in [0.5, 0.6) is 0 Å². The quantitative estimate of drug-likeness (QED) is 0.832. The zero-order valence-electron chi connectivity index (χ0n) is 12.7. The molecule has 1 heterocycles. The molecule has 0 spiro atoms. The monoisotopic (exact) mass is 297 g/mol. The Kier molecular flexibility index (Phi) is 5.25. The van der Waals surface area contributed by atoms with Gasteiger partial charge in [0, 0.05) is 24.6 Å². The average molecular weight is 297 g/mol. The van der Waals surface area contributed by atoms with E-state index in [1.54, 1.807) is 12.4 Å². The Morgan fingerprint density at radius 3 is 2.41 bits per heavy atom. The standard InChI is InChI=1S/C17H19N3O2/c1-12-3-4-15(9-13(12)2)20-17(22)10-16(21)19-11-14-5-7-18-8-6-14/h3-9H,10-11H2,1-2H3,(H,19,21)(H,20,22). The second-order valence-electron chi connectivity index (χ2n) is 5.16. The van der Waals surface area contributed by atoms with Crippen molar-refractivity contribution in [3.8, 4) is 0 Å². The molecule has 0 atom stereocenters. The zero-order chi connectivity index (χ0) is 15.9. The molecule has 0 saturated carbocycles. The third-order valence-corrected chi connectivity index (χ3v) is 3.35. The molecule has 0 fully saturated rings. The largest absolute Gasteiger partial charge is 0.352 e. The smallest absolute Gasteiger partial charge is 0.233 e. The van der Waals surface area contributed by atoms with E-state index in [4.69, 9.17) is 0 Å². The van der Waals surface area contributed by atoms with Gasteiger partial charge < -0.3 is 10.6 Å². The van der Waals surface area contributed by atoms with Crippen LogP contribution < -0.4 is 10.6 Å². The molecule has 0 bridgehead atoms. The third kappa shape index (κ3) is 4.70. The van der Waals surface area contributed by atoms with Crippen molar-refractivity contribution in [3.05, 3.63) is 59.4 Å². The maximum atomic E-state index is 11.8. The van der Waals surface area contributed by atoms with E-state index < -0.39 is 0 Å². The van der Waals surface area contributed by atoms with Crippen molar-refractivity contribution in [1.29, 1.82) is 0 Å². The zero-order valence-corrected chi connectivity index (χ0v) is 12.7. The van der Waals surface area contributed by atoms with Crippen LogP contribution in [0.25, 0.3) is 0 Å². The van der Waals surface area contributed by atoms with Crippen molar-refractivity contribution >= 4 is 17.5 Å². The van der Waals surface area contributed by atoms with Gasteiger partial charge >= 0.3 is 0 Å². The maximum absolute atomic E-state index is 11.8. The molecule has 22 heavy (non-hydrogen) atoms. The van der Waals surface area contributed by atoms with Gasteiger partial charge in [-0.25, -0.2) is 0 Å². The molecule has 114 valence electrons. The Morgan fingerprint density at radius 2 is 1.73 bits per heavy atom. The van der Waals surface area contributed by atoms with E-state index in [1.807, 2.05) is 44.2 Å². The van der Waals surface area contributed by atoms with Crippen molar-refractivity contribution in [2.45, 2.75) is 26.8 Å². The molecule has 0 radical (unpaired) electrons. The summed E-state index contributed by atoms with van der Waals surface area (Å²) in [7, 11) is 0. The molecule has 2 N–H and O–H groups in total. The molecule has 2 rings (SSSR count). The van der Waals surface area contributed by atoms with Gasteiger partial charge in [-0.05, 0) is 54.8 Å². The lowest BCUT2D eigenvalue weighted by molar-refractivity contribution is -0.126. The van der Waals surface area contributed by atoms with E-state index in [0.717, 1.165) is 16.7 Å². The molecule has 5 heteroatoms. The first kappa shape index (κ1) is 15.7. The highest BCUT2D eigenvalue weighted by atomic mass is 16.2. The molecule has 2 aromatic rings. The van der Waals surface area contributed by atoms with Crippen LogP contribution in [0, 0.1) is 13.8 Å². The number of carbonyl (C=O) groups excluding carboxylic acids is 2. The minimum absolute atomic E-state index is 0.196. The molecule has 0 aliphatic heterocycles. The number of aryl methyl sites for hydroxylation is 2. The first-order valence-electron chi connectivity index (χ1n) is 7.07. The minimum atomic E-state index is -0.324. The SMILES string of the molecule is Cc1ccc(NC(=O)CC(=O)NCc2ccncc2)cc1C. The predicted molar refractivity (Wildman–Crippen MR) is 85.2 cm³/mol. The maximum Gasteiger partial charge on any atom is 0.233 e. The molecule has 1 aromatic carbocycles. The molecule has 0 aliphatic carbocycles. The van der Waals surface area contributed by atoms with Gasteiger partial charge in [-0.2, -0.15) is 0 Å². The summed E-state index contributed by atoms with van der Waals surface area (Å²) in [6.45, 7) is 4.37. The normalized spacial score (nSPS) is 10.1. The second kappa shape index (κ2) is 7.36. The van der Waals surface area contributed by atoms with Gasteiger partial charge in [0.1, 0.15) is 6.42 Å². The fourth-order valence-corrected chi connectivity index (χ4v) is 1.93. The number of anilines is 1.